The van der Waals surface area contributed by atoms with Gasteiger partial charge < -0.3 is 9.80 Å². The van der Waals surface area contributed by atoms with Gasteiger partial charge in [0.2, 0.25) is 0 Å². The lowest BCUT2D eigenvalue weighted by atomic mass is 10.2. The molecule has 0 N–H and O–H groups in total. The van der Waals surface area contributed by atoms with Crippen molar-refractivity contribution in [2.24, 2.45) is 25.4 Å². The quantitative estimate of drug-likeness (QED) is 0.0949. The Labute approximate surface area is 337 Å². The smallest absolute Gasteiger partial charge is 0.175 e. The van der Waals surface area contributed by atoms with Gasteiger partial charge in [-0.25, -0.2) is 4.98 Å². The molecule has 13 heteroatoms. The molecule has 0 unspecified atom stereocenters. The van der Waals surface area contributed by atoms with Crippen molar-refractivity contribution in [1.82, 2.24) is 19.2 Å². The predicted octanol–water partition coefficient (Wildman–Crippen LogP) is 9.71. The number of aliphatic imine (C=N–C) groups is 1. The second-order valence-electron chi connectivity index (χ2n) is 14.4. The summed E-state index contributed by atoms with van der Waals surface area (Å²) < 4.78 is 4.37. The van der Waals surface area contributed by atoms with E-state index in [2.05, 4.69) is 104 Å². The van der Waals surface area contributed by atoms with Crippen LogP contribution in [0.5, 0.6) is 0 Å². The first-order valence-corrected chi connectivity index (χ1v) is 20.1. The summed E-state index contributed by atoms with van der Waals surface area (Å²) in [7, 11) is 0. The number of anilines is 2. The highest BCUT2D eigenvalue weighted by atomic mass is 32.1. The number of fused-ring (bicyclic) bond motifs is 1. The van der Waals surface area contributed by atoms with Crippen LogP contribution >= 0.6 is 11.5 Å². The summed E-state index contributed by atoms with van der Waals surface area (Å²) in [5.74, 6) is 0. The molecular weight excluding hydrogens is 729 g/mol. The molecule has 0 bridgehead atoms. The van der Waals surface area contributed by atoms with Crippen molar-refractivity contribution in [3.63, 3.8) is 0 Å². The minimum absolute atomic E-state index is 0.529. The number of azo groups is 2. The van der Waals surface area contributed by atoms with Gasteiger partial charge in [-0.1, -0.05) is 29.8 Å². The Morgan fingerprint density at radius 3 is 1.65 bits per heavy atom. The highest BCUT2D eigenvalue weighted by molar-refractivity contribution is 7.11. The van der Waals surface area contributed by atoms with E-state index in [-0.39, 0.29) is 0 Å². The van der Waals surface area contributed by atoms with Crippen LogP contribution in [0.3, 0.4) is 0 Å². The number of aromatic nitrogens is 2. The minimum Gasteiger partial charge on any atom is -0.369 e. The van der Waals surface area contributed by atoms with Gasteiger partial charge in [-0.2, -0.15) is 19.9 Å². The topological polar surface area (TPSA) is 124 Å². The predicted molar refractivity (Wildman–Crippen MR) is 230 cm³/mol. The van der Waals surface area contributed by atoms with Gasteiger partial charge in [0, 0.05) is 83.0 Å². The molecule has 2 aromatic heterocycles. The Balaban J connectivity index is 0.740. The molecule has 57 heavy (non-hydrogen) atoms. The Hall–Kier alpha value is -6.20. The molecule has 0 saturated carbocycles. The van der Waals surface area contributed by atoms with E-state index >= 15 is 0 Å². The van der Waals surface area contributed by atoms with E-state index < -0.39 is 0 Å². The average Bonchev–Trinajstić information content (AvgIpc) is 3.66. The fourth-order valence-electron chi connectivity index (χ4n) is 6.97. The molecular formula is C44H44N12S. The molecule has 0 spiro atoms. The van der Waals surface area contributed by atoms with Crippen LogP contribution in [0, 0.1) is 25.2 Å². The summed E-state index contributed by atoms with van der Waals surface area (Å²) in [5.41, 5.74) is 9.84. The maximum atomic E-state index is 9.38. The zero-order valence-electron chi connectivity index (χ0n) is 32.2. The van der Waals surface area contributed by atoms with E-state index in [4.69, 9.17) is 0 Å². The molecule has 2 saturated heterocycles. The first-order chi connectivity index (χ1) is 28.0. The highest BCUT2D eigenvalue weighted by Gasteiger charge is 2.21. The van der Waals surface area contributed by atoms with E-state index in [0.29, 0.717) is 21.9 Å². The van der Waals surface area contributed by atoms with Crippen molar-refractivity contribution in [2.45, 2.75) is 13.8 Å². The lowest BCUT2D eigenvalue weighted by Gasteiger charge is -2.39. The van der Waals surface area contributed by atoms with Crippen LogP contribution in [-0.2, 0) is 0 Å². The second kappa shape index (κ2) is 17.7. The fourth-order valence-corrected chi connectivity index (χ4v) is 7.61. The summed E-state index contributed by atoms with van der Waals surface area (Å²) in [6.07, 6.45) is 1.87. The Bertz CT molecular complexity index is 2400. The van der Waals surface area contributed by atoms with Gasteiger partial charge in [-0.05, 0) is 110 Å². The number of hydrogen-bond donors (Lipinski definition) is 0. The van der Waals surface area contributed by atoms with E-state index in [9.17, 15) is 5.26 Å². The summed E-state index contributed by atoms with van der Waals surface area (Å²) in [6, 6.07) is 36.7. The van der Waals surface area contributed by atoms with Crippen molar-refractivity contribution in [3.8, 4) is 6.07 Å². The first kappa shape index (κ1) is 37.7. The first-order valence-electron chi connectivity index (χ1n) is 19.3. The molecule has 8 rings (SSSR count). The third-order valence-electron chi connectivity index (χ3n) is 10.5. The van der Waals surface area contributed by atoms with Crippen LogP contribution in [0.1, 0.15) is 22.4 Å². The van der Waals surface area contributed by atoms with E-state index in [0.717, 1.165) is 99.1 Å². The van der Waals surface area contributed by atoms with Crippen molar-refractivity contribution >= 4 is 67.9 Å². The standard InChI is InChI=1S/C44H44N12S/c1-32-3-7-36(8-4-32)46-31-34-5-9-37(10-6-34)48-49-38-11-15-40(16-12-38)55-25-21-53(22-26-55)19-20-54-23-27-56(28-24-54)41-17-13-39(14-18-41)50-51-44-42-29-35(30-45)33(2)47-43(42)52-57-44/h3-18,29,31H,19-28H2,1-2H3. The van der Waals surface area contributed by atoms with Crippen LogP contribution in [0.2, 0.25) is 0 Å². The molecule has 4 aromatic carbocycles. The molecule has 2 aliphatic rings. The summed E-state index contributed by atoms with van der Waals surface area (Å²) >= 11 is 1.24. The minimum atomic E-state index is 0.529. The maximum absolute atomic E-state index is 9.38. The molecule has 2 aliphatic heterocycles. The fraction of sp³-hybridized carbons (Fsp3) is 0.273. The van der Waals surface area contributed by atoms with Gasteiger partial charge in [0.05, 0.1) is 39.4 Å². The average molecular weight is 773 g/mol. The van der Waals surface area contributed by atoms with Crippen molar-refractivity contribution in [2.75, 3.05) is 75.2 Å². The largest absolute Gasteiger partial charge is 0.369 e. The summed E-state index contributed by atoms with van der Waals surface area (Å²) in [6.45, 7) is 14.3. The lowest BCUT2D eigenvalue weighted by Crippen LogP contribution is -2.51. The monoisotopic (exact) mass is 772 g/mol. The molecule has 0 amide bonds. The van der Waals surface area contributed by atoms with Crippen LogP contribution in [0.25, 0.3) is 11.0 Å². The molecule has 0 aliphatic carbocycles. The molecule has 0 atom stereocenters. The van der Waals surface area contributed by atoms with Gasteiger partial charge >= 0.3 is 0 Å². The number of pyridine rings is 1. The Morgan fingerprint density at radius 2 is 1.12 bits per heavy atom. The van der Waals surface area contributed by atoms with Crippen LogP contribution in [-0.4, -0.2) is 90.8 Å². The van der Waals surface area contributed by atoms with Crippen molar-refractivity contribution in [1.29, 1.82) is 5.26 Å². The van der Waals surface area contributed by atoms with Gasteiger partial charge in [0.15, 0.2) is 10.6 Å². The number of piperazine rings is 2. The van der Waals surface area contributed by atoms with Gasteiger partial charge in [-0.15, -0.1) is 10.2 Å². The Kier molecular flexibility index (Phi) is 11.7. The lowest BCUT2D eigenvalue weighted by molar-refractivity contribution is 0.190. The van der Waals surface area contributed by atoms with Crippen molar-refractivity contribution < 1.29 is 0 Å². The number of nitrogens with zero attached hydrogens (tertiary/aromatic N) is 12. The molecule has 6 aromatic rings. The molecule has 2 fully saturated rings. The number of benzene rings is 4. The number of aryl methyl sites for hydroxylation is 2. The number of rotatable bonds is 11. The third-order valence-corrected chi connectivity index (χ3v) is 11.2. The SMILES string of the molecule is Cc1ccc(N=Cc2ccc(N=Nc3ccc(N4CCN(CCN5CCN(c6ccc(N=Nc7snc8nc(C)c(C#N)cc78)cc6)CC5)CC4)cc3)cc2)cc1. The van der Waals surface area contributed by atoms with Crippen LogP contribution < -0.4 is 9.80 Å². The van der Waals surface area contributed by atoms with Gasteiger partial charge in [0.1, 0.15) is 6.07 Å². The number of hydrogen-bond acceptors (Lipinski definition) is 13. The third kappa shape index (κ3) is 9.61. The van der Waals surface area contributed by atoms with E-state index in [1.165, 1.54) is 28.5 Å². The van der Waals surface area contributed by atoms with Gasteiger partial charge in [-0.3, -0.25) is 14.8 Å². The zero-order chi connectivity index (χ0) is 39.0. The van der Waals surface area contributed by atoms with E-state index in [1.807, 2.05) is 73.8 Å². The van der Waals surface area contributed by atoms with E-state index in [1.54, 1.807) is 6.07 Å². The van der Waals surface area contributed by atoms with Crippen LogP contribution in [0.15, 0.2) is 129 Å². The molecule has 12 nitrogen and oxygen atoms in total. The molecule has 4 heterocycles. The maximum Gasteiger partial charge on any atom is 0.175 e. The Morgan fingerprint density at radius 1 is 0.632 bits per heavy atom. The summed E-state index contributed by atoms with van der Waals surface area (Å²) in [4.78, 5) is 19.0. The summed E-state index contributed by atoms with van der Waals surface area (Å²) in [5, 5.41) is 28.6. The van der Waals surface area contributed by atoms with Crippen molar-refractivity contribution in [3.05, 3.63) is 126 Å². The zero-order valence-corrected chi connectivity index (χ0v) is 33.1. The van der Waals surface area contributed by atoms with Gasteiger partial charge in [0.25, 0.3) is 0 Å². The number of nitriles is 1. The van der Waals surface area contributed by atoms with Crippen LogP contribution in [0.4, 0.5) is 39.1 Å². The molecule has 286 valence electrons. The highest BCUT2D eigenvalue weighted by Crippen LogP contribution is 2.33. The second-order valence-corrected chi connectivity index (χ2v) is 15.1. The normalized spacial score (nSPS) is 15.7. The molecule has 0 radical (unpaired) electrons.